The van der Waals surface area contributed by atoms with Gasteiger partial charge in [0.05, 0.1) is 17.2 Å². The van der Waals surface area contributed by atoms with Crippen LogP contribution in [0.4, 0.5) is 4.39 Å². The van der Waals surface area contributed by atoms with Crippen LogP contribution < -0.4 is 4.74 Å². The van der Waals surface area contributed by atoms with E-state index < -0.39 is 5.82 Å². The highest BCUT2D eigenvalue weighted by Gasteiger charge is 2.09. The molecule has 0 aliphatic heterocycles. The molecular weight excluding hydrogens is 257 g/mol. The van der Waals surface area contributed by atoms with Gasteiger partial charge in [0.25, 0.3) is 0 Å². The second-order valence-electron chi connectivity index (χ2n) is 4.32. The van der Waals surface area contributed by atoms with Gasteiger partial charge in [-0.3, -0.25) is 4.79 Å². The van der Waals surface area contributed by atoms with Crippen molar-refractivity contribution in [2.24, 2.45) is 0 Å². The number of nitrogens with zero attached hydrogens (tertiary/aromatic N) is 1. The fourth-order valence-corrected chi connectivity index (χ4v) is 1.87. The molecule has 0 aliphatic rings. The molecule has 0 bridgehead atoms. The van der Waals surface area contributed by atoms with Crippen molar-refractivity contribution in [3.63, 3.8) is 0 Å². The van der Waals surface area contributed by atoms with E-state index in [9.17, 15) is 9.18 Å². The van der Waals surface area contributed by atoms with E-state index >= 15 is 0 Å². The molecule has 0 atom stereocenters. The van der Waals surface area contributed by atoms with Crippen LogP contribution in [0.25, 0.3) is 0 Å². The first-order valence-electron chi connectivity index (χ1n) is 6.02. The fourth-order valence-electron chi connectivity index (χ4n) is 1.87. The summed E-state index contributed by atoms with van der Waals surface area (Å²) in [5.74, 6) is -0.00509. The maximum Gasteiger partial charge on any atom is 0.153 e. The zero-order valence-electron chi connectivity index (χ0n) is 10.9. The van der Waals surface area contributed by atoms with Crippen LogP contribution in [0.5, 0.6) is 5.75 Å². The van der Waals surface area contributed by atoms with E-state index in [1.807, 2.05) is 19.1 Å². The second-order valence-corrected chi connectivity index (χ2v) is 4.32. The number of rotatable bonds is 4. The molecule has 0 fully saturated rings. The van der Waals surface area contributed by atoms with Crippen molar-refractivity contribution in [3.8, 4) is 11.8 Å². The molecule has 4 heteroatoms. The summed E-state index contributed by atoms with van der Waals surface area (Å²) in [6, 6.07) is 11.2. The fraction of sp³-hybridized carbons (Fsp3) is 0.125. The lowest BCUT2D eigenvalue weighted by Gasteiger charge is -2.11. The minimum atomic E-state index is -0.440. The Morgan fingerprint density at radius 2 is 2.15 bits per heavy atom. The van der Waals surface area contributed by atoms with Crippen LogP contribution in [0.15, 0.2) is 36.4 Å². The summed E-state index contributed by atoms with van der Waals surface area (Å²) < 4.78 is 19.2. The third kappa shape index (κ3) is 2.83. The Balaban J connectivity index is 2.26. The molecule has 0 spiro atoms. The van der Waals surface area contributed by atoms with Crippen LogP contribution in [0.2, 0.25) is 0 Å². The third-order valence-corrected chi connectivity index (χ3v) is 2.92. The summed E-state index contributed by atoms with van der Waals surface area (Å²) in [7, 11) is 0. The van der Waals surface area contributed by atoms with E-state index in [4.69, 9.17) is 10.00 Å². The molecule has 100 valence electrons. The van der Waals surface area contributed by atoms with E-state index in [2.05, 4.69) is 0 Å². The highest BCUT2D eigenvalue weighted by Crippen LogP contribution is 2.23. The maximum atomic E-state index is 13.6. The molecular formula is C16H12FNO2. The summed E-state index contributed by atoms with van der Waals surface area (Å²) in [6.45, 7) is 1.78. The van der Waals surface area contributed by atoms with Crippen LogP contribution in [-0.4, -0.2) is 6.29 Å². The molecule has 20 heavy (non-hydrogen) atoms. The van der Waals surface area contributed by atoms with Gasteiger partial charge >= 0.3 is 0 Å². The molecule has 0 aliphatic carbocycles. The Morgan fingerprint density at radius 3 is 2.85 bits per heavy atom. The van der Waals surface area contributed by atoms with E-state index in [1.165, 1.54) is 18.2 Å². The first-order valence-corrected chi connectivity index (χ1v) is 6.02. The van der Waals surface area contributed by atoms with Crippen molar-refractivity contribution in [2.75, 3.05) is 0 Å². The van der Waals surface area contributed by atoms with Crippen molar-refractivity contribution >= 4 is 6.29 Å². The molecule has 0 amide bonds. The average Bonchev–Trinajstić information content (AvgIpc) is 2.47. The number of carbonyl (C=O) groups is 1. The van der Waals surface area contributed by atoms with Gasteiger partial charge in [0.1, 0.15) is 18.2 Å². The van der Waals surface area contributed by atoms with Crippen molar-refractivity contribution in [2.45, 2.75) is 13.5 Å². The summed E-state index contributed by atoms with van der Waals surface area (Å²) >= 11 is 0. The summed E-state index contributed by atoms with van der Waals surface area (Å²) in [5.41, 5.74) is 1.86. The molecule has 0 N–H and O–H groups in total. The molecule has 2 rings (SSSR count). The average molecular weight is 269 g/mol. The number of para-hydroxylation sites is 1. The van der Waals surface area contributed by atoms with Gasteiger partial charge in [0.2, 0.25) is 0 Å². The van der Waals surface area contributed by atoms with Crippen LogP contribution in [0.1, 0.15) is 27.0 Å². The molecule has 2 aromatic rings. The number of nitriles is 1. The molecule has 3 nitrogen and oxygen atoms in total. The van der Waals surface area contributed by atoms with Gasteiger partial charge in [0.15, 0.2) is 6.29 Å². The standard InChI is InChI=1S/C16H12FNO2/c1-11-3-2-4-13(9-19)16(11)20-10-14-7-12(8-18)5-6-15(14)17/h2-7,9H,10H2,1H3. The molecule has 0 saturated heterocycles. The Morgan fingerprint density at radius 1 is 1.35 bits per heavy atom. The van der Waals surface area contributed by atoms with E-state index in [0.717, 1.165) is 5.56 Å². The number of benzene rings is 2. The smallest absolute Gasteiger partial charge is 0.153 e. The van der Waals surface area contributed by atoms with Crippen molar-refractivity contribution in [3.05, 3.63) is 64.5 Å². The van der Waals surface area contributed by atoms with Crippen LogP contribution >= 0.6 is 0 Å². The van der Waals surface area contributed by atoms with Crippen LogP contribution in [-0.2, 0) is 6.61 Å². The van der Waals surface area contributed by atoms with E-state index in [0.29, 0.717) is 23.2 Å². The Labute approximate surface area is 116 Å². The van der Waals surface area contributed by atoms with Crippen molar-refractivity contribution < 1.29 is 13.9 Å². The Bertz CT molecular complexity index is 689. The zero-order valence-corrected chi connectivity index (χ0v) is 10.9. The normalized spacial score (nSPS) is 9.85. The van der Waals surface area contributed by atoms with Crippen LogP contribution in [0.3, 0.4) is 0 Å². The molecule has 0 unspecified atom stereocenters. The lowest BCUT2D eigenvalue weighted by atomic mass is 10.1. The van der Waals surface area contributed by atoms with Gasteiger partial charge < -0.3 is 4.74 Å². The molecule has 0 aromatic heterocycles. The van der Waals surface area contributed by atoms with Gasteiger partial charge in [-0.15, -0.1) is 0 Å². The summed E-state index contributed by atoms with van der Waals surface area (Å²) in [6.07, 6.45) is 0.699. The molecule has 2 aromatic carbocycles. The second kappa shape index (κ2) is 5.98. The quantitative estimate of drug-likeness (QED) is 0.799. The minimum Gasteiger partial charge on any atom is -0.488 e. The number of hydrogen-bond acceptors (Lipinski definition) is 3. The predicted octanol–water partition coefficient (Wildman–Crippen LogP) is 3.40. The van der Waals surface area contributed by atoms with Gasteiger partial charge in [-0.1, -0.05) is 12.1 Å². The molecule has 0 radical (unpaired) electrons. The zero-order chi connectivity index (χ0) is 14.5. The van der Waals surface area contributed by atoms with Gasteiger partial charge in [0, 0.05) is 5.56 Å². The lowest BCUT2D eigenvalue weighted by molar-refractivity contribution is 0.111. The minimum absolute atomic E-state index is 0.0347. The molecule has 0 heterocycles. The van der Waals surface area contributed by atoms with Gasteiger partial charge in [-0.2, -0.15) is 5.26 Å². The first-order chi connectivity index (χ1) is 9.65. The Hall–Kier alpha value is -2.67. The molecule has 0 saturated carbocycles. The van der Waals surface area contributed by atoms with E-state index in [1.54, 1.807) is 12.1 Å². The lowest BCUT2D eigenvalue weighted by Crippen LogP contribution is -2.02. The number of hydrogen-bond donors (Lipinski definition) is 0. The maximum absolute atomic E-state index is 13.6. The topological polar surface area (TPSA) is 50.1 Å². The van der Waals surface area contributed by atoms with Gasteiger partial charge in [-0.05, 0) is 36.8 Å². The van der Waals surface area contributed by atoms with E-state index in [-0.39, 0.29) is 12.2 Å². The van der Waals surface area contributed by atoms with Crippen molar-refractivity contribution in [1.29, 1.82) is 5.26 Å². The predicted molar refractivity (Wildman–Crippen MR) is 72.0 cm³/mol. The van der Waals surface area contributed by atoms with Crippen LogP contribution in [0, 0.1) is 24.1 Å². The monoisotopic (exact) mass is 269 g/mol. The summed E-state index contributed by atoms with van der Waals surface area (Å²) in [5, 5.41) is 8.80. The third-order valence-electron chi connectivity index (χ3n) is 2.92. The largest absolute Gasteiger partial charge is 0.488 e. The van der Waals surface area contributed by atoms with Crippen molar-refractivity contribution in [1.82, 2.24) is 0 Å². The Kier molecular flexibility index (Phi) is 4.11. The first kappa shape index (κ1) is 13.8. The number of halogens is 1. The highest BCUT2D eigenvalue weighted by molar-refractivity contribution is 5.80. The number of aldehydes is 1. The number of aryl methyl sites for hydroxylation is 1. The van der Waals surface area contributed by atoms with Gasteiger partial charge in [-0.25, -0.2) is 4.39 Å². The number of carbonyl (C=O) groups excluding carboxylic acids is 1. The summed E-state index contributed by atoms with van der Waals surface area (Å²) in [4.78, 5) is 11.0. The number of ether oxygens (including phenoxy) is 1. The highest BCUT2D eigenvalue weighted by atomic mass is 19.1. The SMILES string of the molecule is Cc1cccc(C=O)c1OCc1cc(C#N)ccc1F.